The van der Waals surface area contributed by atoms with Crippen molar-refractivity contribution in [3.63, 3.8) is 0 Å². The Balaban J connectivity index is 2.17. The number of carbonyl (C=O) groups is 1. The van der Waals surface area contributed by atoms with E-state index in [1.807, 2.05) is 0 Å². The summed E-state index contributed by atoms with van der Waals surface area (Å²) in [4.78, 5) is 22.8. The van der Waals surface area contributed by atoms with E-state index in [0.29, 0.717) is 11.4 Å². The molecule has 0 radical (unpaired) electrons. The number of nitrogens with two attached hydrogens (primary N) is 2. The number of hydrogen-bond acceptors (Lipinski definition) is 7. The third-order valence-electron chi connectivity index (χ3n) is 2.44. The van der Waals surface area contributed by atoms with Crippen molar-refractivity contribution in [2.75, 3.05) is 18.6 Å². The molecule has 7 heteroatoms. The minimum atomic E-state index is -0.376. The SMILES string of the molecule is COC(=O)c1ccc(/C=C/c2nc(N)nc(N)n2)cc1. The van der Waals surface area contributed by atoms with Crippen LogP contribution >= 0.6 is 0 Å². The summed E-state index contributed by atoms with van der Waals surface area (Å²) in [6.45, 7) is 0. The fourth-order valence-corrected chi connectivity index (χ4v) is 1.52. The Labute approximate surface area is 115 Å². The molecule has 1 heterocycles. The highest BCUT2D eigenvalue weighted by Crippen LogP contribution is 2.09. The minimum absolute atomic E-state index is 0.0678. The molecular weight excluding hydrogens is 258 g/mol. The van der Waals surface area contributed by atoms with Crippen molar-refractivity contribution in [3.05, 3.63) is 41.2 Å². The second-order valence-electron chi connectivity index (χ2n) is 3.86. The average Bonchev–Trinajstić information content (AvgIpc) is 2.44. The van der Waals surface area contributed by atoms with E-state index in [1.54, 1.807) is 36.4 Å². The van der Waals surface area contributed by atoms with E-state index in [-0.39, 0.29) is 17.9 Å². The summed E-state index contributed by atoms with van der Waals surface area (Å²) in [5.74, 6) is 0.127. The largest absolute Gasteiger partial charge is 0.465 e. The highest BCUT2D eigenvalue weighted by Gasteiger charge is 2.03. The lowest BCUT2D eigenvalue weighted by atomic mass is 10.1. The van der Waals surface area contributed by atoms with Gasteiger partial charge in [-0.1, -0.05) is 18.2 Å². The number of nitrogens with zero attached hydrogens (tertiary/aromatic N) is 3. The van der Waals surface area contributed by atoms with E-state index in [0.717, 1.165) is 5.56 Å². The molecule has 0 amide bonds. The standard InChI is InChI=1S/C13H13N5O2/c1-20-11(19)9-5-2-8(3-6-9)4-7-10-16-12(14)18-13(15)17-10/h2-7H,1H3,(H4,14,15,16,17,18)/b7-4+. The Bertz CT molecular complexity index is 632. The van der Waals surface area contributed by atoms with Crippen LogP contribution in [0.5, 0.6) is 0 Å². The number of benzene rings is 1. The van der Waals surface area contributed by atoms with Crippen molar-refractivity contribution in [1.29, 1.82) is 0 Å². The van der Waals surface area contributed by atoms with Gasteiger partial charge in [0.15, 0.2) is 5.82 Å². The van der Waals surface area contributed by atoms with Crippen LogP contribution in [0, 0.1) is 0 Å². The van der Waals surface area contributed by atoms with Gasteiger partial charge in [-0.2, -0.15) is 15.0 Å². The molecular formula is C13H13N5O2. The van der Waals surface area contributed by atoms with Crippen molar-refractivity contribution < 1.29 is 9.53 Å². The van der Waals surface area contributed by atoms with Crippen LogP contribution in [0.2, 0.25) is 0 Å². The molecule has 0 bridgehead atoms. The summed E-state index contributed by atoms with van der Waals surface area (Å²) >= 11 is 0. The number of anilines is 2. The molecule has 0 saturated heterocycles. The van der Waals surface area contributed by atoms with Crippen molar-refractivity contribution in [2.24, 2.45) is 0 Å². The molecule has 102 valence electrons. The predicted octanol–water partition coefficient (Wildman–Crippen LogP) is 0.993. The maximum Gasteiger partial charge on any atom is 0.337 e. The Hall–Kier alpha value is -2.96. The number of hydrogen-bond donors (Lipinski definition) is 2. The summed E-state index contributed by atoms with van der Waals surface area (Å²) in [7, 11) is 1.34. The molecule has 2 rings (SSSR count). The number of aromatic nitrogens is 3. The van der Waals surface area contributed by atoms with Gasteiger partial charge in [0.2, 0.25) is 11.9 Å². The van der Waals surface area contributed by atoms with Crippen molar-refractivity contribution in [1.82, 2.24) is 15.0 Å². The van der Waals surface area contributed by atoms with Gasteiger partial charge in [0.05, 0.1) is 12.7 Å². The third-order valence-corrected chi connectivity index (χ3v) is 2.44. The number of nitrogen functional groups attached to an aromatic ring is 2. The number of carbonyl (C=O) groups excluding carboxylic acids is 1. The average molecular weight is 271 g/mol. The number of methoxy groups -OCH3 is 1. The summed E-state index contributed by atoms with van der Waals surface area (Å²) in [6.07, 6.45) is 3.43. The zero-order valence-corrected chi connectivity index (χ0v) is 10.8. The topological polar surface area (TPSA) is 117 Å². The molecule has 0 fully saturated rings. The molecule has 0 aliphatic heterocycles. The Kier molecular flexibility index (Phi) is 3.90. The van der Waals surface area contributed by atoms with Gasteiger partial charge in [0.1, 0.15) is 0 Å². The van der Waals surface area contributed by atoms with Crippen molar-refractivity contribution in [2.45, 2.75) is 0 Å². The van der Waals surface area contributed by atoms with E-state index < -0.39 is 0 Å². The molecule has 0 aliphatic carbocycles. The van der Waals surface area contributed by atoms with Crippen LogP contribution in [0.3, 0.4) is 0 Å². The van der Waals surface area contributed by atoms with Gasteiger partial charge in [-0.25, -0.2) is 4.79 Å². The molecule has 4 N–H and O–H groups in total. The van der Waals surface area contributed by atoms with Crippen LogP contribution in [0.15, 0.2) is 24.3 Å². The fraction of sp³-hybridized carbons (Fsp3) is 0.0769. The van der Waals surface area contributed by atoms with Gasteiger partial charge in [0.25, 0.3) is 0 Å². The minimum Gasteiger partial charge on any atom is -0.465 e. The molecule has 0 unspecified atom stereocenters. The number of rotatable bonds is 3. The Morgan fingerprint density at radius 2 is 1.65 bits per heavy atom. The summed E-state index contributed by atoms with van der Waals surface area (Å²) in [5, 5.41) is 0. The summed E-state index contributed by atoms with van der Waals surface area (Å²) in [6, 6.07) is 6.89. The molecule has 0 atom stereocenters. The molecule has 2 aromatic rings. The van der Waals surface area contributed by atoms with E-state index in [4.69, 9.17) is 11.5 Å². The van der Waals surface area contributed by atoms with E-state index in [1.165, 1.54) is 7.11 Å². The fourth-order valence-electron chi connectivity index (χ4n) is 1.52. The predicted molar refractivity (Wildman–Crippen MR) is 75.4 cm³/mol. The van der Waals surface area contributed by atoms with E-state index in [2.05, 4.69) is 19.7 Å². The van der Waals surface area contributed by atoms with Gasteiger partial charge < -0.3 is 16.2 Å². The van der Waals surface area contributed by atoms with Crippen molar-refractivity contribution in [3.8, 4) is 0 Å². The lowest BCUT2D eigenvalue weighted by molar-refractivity contribution is 0.0600. The van der Waals surface area contributed by atoms with Gasteiger partial charge in [-0.15, -0.1) is 0 Å². The lowest BCUT2D eigenvalue weighted by Crippen LogP contribution is -2.04. The number of esters is 1. The van der Waals surface area contributed by atoms with Gasteiger partial charge >= 0.3 is 5.97 Å². The Morgan fingerprint density at radius 3 is 2.20 bits per heavy atom. The molecule has 0 saturated carbocycles. The molecule has 0 spiro atoms. The zero-order chi connectivity index (χ0) is 14.5. The monoisotopic (exact) mass is 271 g/mol. The van der Waals surface area contributed by atoms with Gasteiger partial charge in [-0.3, -0.25) is 0 Å². The highest BCUT2D eigenvalue weighted by atomic mass is 16.5. The molecule has 0 aliphatic rings. The molecule has 20 heavy (non-hydrogen) atoms. The van der Waals surface area contributed by atoms with Crippen LogP contribution in [0.4, 0.5) is 11.9 Å². The molecule has 1 aromatic heterocycles. The number of ether oxygens (including phenoxy) is 1. The van der Waals surface area contributed by atoms with Crippen LogP contribution in [-0.4, -0.2) is 28.0 Å². The first kappa shape index (κ1) is 13.5. The van der Waals surface area contributed by atoms with Gasteiger partial charge in [0, 0.05) is 0 Å². The first-order valence-corrected chi connectivity index (χ1v) is 5.72. The lowest BCUT2D eigenvalue weighted by Gasteiger charge is -1.99. The molecule has 1 aromatic carbocycles. The maximum atomic E-state index is 11.3. The van der Waals surface area contributed by atoms with E-state index >= 15 is 0 Å². The maximum absolute atomic E-state index is 11.3. The summed E-state index contributed by atoms with van der Waals surface area (Å²) in [5.41, 5.74) is 12.3. The zero-order valence-electron chi connectivity index (χ0n) is 10.8. The van der Waals surface area contributed by atoms with E-state index in [9.17, 15) is 4.79 Å². The second kappa shape index (κ2) is 5.79. The molecule has 7 nitrogen and oxygen atoms in total. The normalized spacial score (nSPS) is 10.7. The smallest absolute Gasteiger partial charge is 0.337 e. The summed E-state index contributed by atoms with van der Waals surface area (Å²) < 4.78 is 4.62. The van der Waals surface area contributed by atoms with Crippen LogP contribution in [-0.2, 0) is 4.74 Å². The Morgan fingerprint density at radius 1 is 1.05 bits per heavy atom. The van der Waals surface area contributed by atoms with Gasteiger partial charge in [-0.05, 0) is 23.8 Å². The van der Waals surface area contributed by atoms with Crippen molar-refractivity contribution >= 4 is 30.0 Å². The first-order valence-electron chi connectivity index (χ1n) is 5.72. The third kappa shape index (κ3) is 3.29. The van der Waals surface area contributed by atoms with Crippen LogP contribution in [0.1, 0.15) is 21.7 Å². The first-order chi connectivity index (χ1) is 9.58. The quantitative estimate of drug-likeness (QED) is 0.799. The second-order valence-corrected chi connectivity index (χ2v) is 3.86. The van der Waals surface area contributed by atoms with Crippen LogP contribution < -0.4 is 11.5 Å². The highest BCUT2D eigenvalue weighted by molar-refractivity contribution is 5.89. The van der Waals surface area contributed by atoms with Crippen LogP contribution in [0.25, 0.3) is 12.2 Å².